The Balaban J connectivity index is 2.19. The summed E-state index contributed by atoms with van der Waals surface area (Å²) in [6.45, 7) is 0.221. The van der Waals surface area contributed by atoms with E-state index >= 15 is 0 Å². The topological polar surface area (TPSA) is 33.0 Å². The fraction of sp³-hybridized carbons (Fsp3) is 0.133. The van der Waals surface area contributed by atoms with E-state index < -0.39 is 5.82 Å². The van der Waals surface area contributed by atoms with Crippen molar-refractivity contribution in [2.75, 3.05) is 0 Å². The van der Waals surface area contributed by atoms with Crippen molar-refractivity contribution in [1.82, 2.24) is 0 Å². The average molecular weight is 355 g/mol. The summed E-state index contributed by atoms with van der Waals surface area (Å²) in [4.78, 5) is 0. The van der Waals surface area contributed by atoms with Gasteiger partial charge in [0.2, 0.25) is 0 Å². The minimum absolute atomic E-state index is 0.00553. The van der Waals surface area contributed by atoms with Crippen LogP contribution >= 0.6 is 27.5 Å². The number of nitriles is 1. The van der Waals surface area contributed by atoms with Crippen LogP contribution in [0.3, 0.4) is 0 Å². The van der Waals surface area contributed by atoms with E-state index in [-0.39, 0.29) is 12.2 Å². The van der Waals surface area contributed by atoms with Gasteiger partial charge in [-0.2, -0.15) is 5.26 Å². The highest BCUT2D eigenvalue weighted by atomic mass is 79.9. The minimum Gasteiger partial charge on any atom is -0.487 e. The lowest BCUT2D eigenvalue weighted by Crippen LogP contribution is -1.99. The smallest absolute Gasteiger partial charge is 0.142 e. The highest BCUT2D eigenvalue weighted by Gasteiger charge is 2.09. The fourth-order valence-electron chi connectivity index (χ4n) is 1.72. The van der Waals surface area contributed by atoms with Crippen molar-refractivity contribution in [2.45, 2.75) is 11.9 Å². The lowest BCUT2D eigenvalue weighted by atomic mass is 10.1. The van der Waals surface area contributed by atoms with Crippen LogP contribution in [0, 0.1) is 17.1 Å². The zero-order chi connectivity index (χ0) is 14.5. The second kappa shape index (κ2) is 6.74. The van der Waals surface area contributed by atoms with Crippen LogP contribution in [0.1, 0.15) is 16.7 Å². The van der Waals surface area contributed by atoms with E-state index in [1.54, 1.807) is 18.2 Å². The van der Waals surface area contributed by atoms with Gasteiger partial charge in [-0.25, -0.2) is 4.39 Å². The number of hydrogen-bond donors (Lipinski definition) is 0. The molecule has 0 fully saturated rings. The van der Waals surface area contributed by atoms with E-state index in [4.69, 9.17) is 21.6 Å². The minimum atomic E-state index is -0.532. The number of alkyl halides is 1. The molecule has 0 aliphatic carbocycles. The Labute approximate surface area is 129 Å². The van der Waals surface area contributed by atoms with Crippen molar-refractivity contribution < 1.29 is 9.13 Å². The molecule has 0 bridgehead atoms. The highest BCUT2D eigenvalue weighted by molar-refractivity contribution is 9.08. The number of rotatable bonds is 4. The molecule has 0 aromatic heterocycles. The van der Waals surface area contributed by atoms with Crippen molar-refractivity contribution in [3.05, 3.63) is 63.9 Å². The van der Waals surface area contributed by atoms with Crippen LogP contribution in [0.5, 0.6) is 5.75 Å². The number of ether oxygens (including phenoxy) is 1. The van der Waals surface area contributed by atoms with E-state index in [0.717, 1.165) is 5.56 Å². The van der Waals surface area contributed by atoms with E-state index in [1.807, 2.05) is 12.1 Å². The molecule has 102 valence electrons. The zero-order valence-corrected chi connectivity index (χ0v) is 12.7. The molecule has 0 aliphatic rings. The number of hydrogen-bond acceptors (Lipinski definition) is 2. The maximum atomic E-state index is 13.2. The van der Waals surface area contributed by atoms with Crippen molar-refractivity contribution in [1.29, 1.82) is 5.26 Å². The summed E-state index contributed by atoms with van der Waals surface area (Å²) in [5.74, 6) is 0.0593. The molecule has 0 radical (unpaired) electrons. The predicted octanol–water partition coefficient (Wildman–Crippen LogP) is 4.82. The third-order valence-corrected chi connectivity index (χ3v) is 3.63. The summed E-state index contributed by atoms with van der Waals surface area (Å²) < 4.78 is 18.9. The summed E-state index contributed by atoms with van der Waals surface area (Å²) in [5.41, 5.74) is 1.65. The molecular weight excluding hydrogens is 345 g/mol. The van der Waals surface area contributed by atoms with Crippen molar-refractivity contribution in [3.8, 4) is 11.8 Å². The van der Waals surface area contributed by atoms with Crippen molar-refractivity contribution in [2.24, 2.45) is 0 Å². The Morgan fingerprint density at radius 2 is 2.10 bits per heavy atom. The summed E-state index contributed by atoms with van der Waals surface area (Å²) in [6, 6.07) is 11.6. The summed E-state index contributed by atoms with van der Waals surface area (Å²) >= 11 is 9.47. The summed E-state index contributed by atoms with van der Waals surface area (Å²) in [7, 11) is 0. The molecule has 2 aromatic rings. The molecule has 0 aliphatic heterocycles. The number of benzene rings is 2. The lowest BCUT2D eigenvalue weighted by Gasteiger charge is -2.12. The number of para-hydroxylation sites is 1. The Bertz CT molecular complexity index is 669. The molecular formula is C15H10BrClFNO. The van der Waals surface area contributed by atoms with E-state index in [9.17, 15) is 4.39 Å². The first-order valence-electron chi connectivity index (χ1n) is 5.80. The average Bonchev–Trinajstić information content (AvgIpc) is 2.47. The Hall–Kier alpha value is -1.57. The molecule has 5 heteroatoms. The van der Waals surface area contributed by atoms with E-state index in [0.29, 0.717) is 21.7 Å². The van der Waals surface area contributed by atoms with Gasteiger partial charge in [0.05, 0.1) is 10.6 Å². The summed E-state index contributed by atoms with van der Waals surface area (Å²) in [5, 5.41) is 9.94. The quantitative estimate of drug-likeness (QED) is 0.737. The van der Waals surface area contributed by atoms with Crippen LogP contribution in [0.2, 0.25) is 5.02 Å². The number of halogens is 3. The van der Waals surface area contributed by atoms with Crippen LogP contribution < -0.4 is 4.74 Å². The van der Waals surface area contributed by atoms with Crippen LogP contribution in [-0.2, 0) is 11.9 Å². The van der Waals surface area contributed by atoms with Crippen molar-refractivity contribution >= 4 is 27.5 Å². The third kappa shape index (κ3) is 3.30. The molecule has 0 amide bonds. The largest absolute Gasteiger partial charge is 0.487 e. The molecule has 0 saturated carbocycles. The first-order valence-corrected chi connectivity index (χ1v) is 7.30. The maximum Gasteiger partial charge on any atom is 0.142 e. The highest BCUT2D eigenvalue weighted by Crippen LogP contribution is 2.30. The monoisotopic (exact) mass is 353 g/mol. The van der Waals surface area contributed by atoms with Crippen molar-refractivity contribution in [3.63, 3.8) is 0 Å². The second-order valence-corrected chi connectivity index (χ2v) is 5.04. The first-order chi connectivity index (χ1) is 9.65. The zero-order valence-electron chi connectivity index (χ0n) is 10.4. The van der Waals surface area contributed by atoms with Gasteiger partial charge in [0.1, 0.15) is 24.2 Å². The van der Waals surface area contributed by atoms with Gasteiger partial charge < -0.3 is 4.74 Å². The van der Waals surface area contributed by atoms with Gasteiger partial charge >= 0.3 is 0 Å². The maximum absolute atomic E-state index is 13.2. The van der Waals surface area contributed by atoms with Gasteiger partial charge in [-0.15, -0.1) is 0 Å². The molecule has 2 aromatic carbocycles. The Morgan fingerprint density at radius 3 is 2.80 bits per heavy atom. The SMILES string of the molecule is N#Cc1cc(COc2c(Cl)cccc2CBr)ccc1F. The van der Waals surface area contributed by atoms with E-state index in [2.05, 4.69) is 15.9 Å². The van der Waals surface area contributed by atoms with Gasteiger partial charge in [0, 0.05) is 10.9 Å². The van der Waals surface area contributed by atoms with Gasteiger partial charge in [-0.1, -0.05) is 45.7 Å². The Kier molecular flexibility index (Phi) is 4.99. The molecule has 0 unspecified atom stereocenters. The van der Waals surface area contributed by atoms with Gasteiger partial charge in [0.15, 0.2) is 0 Å². The standard InChI is InChI=1S/C15H10BrClFNO/c16-7-11-2-1-3-13(17)15(11)20-9-10-4-5-14(18)12(6-10)8-19/h1-6H,7,9H2. The van der Waals surface area contributed by atoms with Crippen LogP contribution in [-0.4, -0.2) is 0 Å². The molecule has 0 saturated heterocycles. The van der Waals surface area contributed by atoms with Gasteiger partial charge in [-0.05, 0) is 23.8 Å². The van der Waals surface area contributed by atoms with E-state index in [1.165, 1.54) is 12.1 Å². The molecule has 20 heavy (non-hydrogen) atoms. The fourth-order valence-corrected chi connectivity index (χ4v) is 2.41. The second-order valence-electron chi connectivity index (χ2n) is 4.08. The first kappa shape index (κ1) is 14.8. The third-order valence-electron chi connectivity index (χ3n) is 2.73. The predicted molar refractivity (Wildman–Crippen MR) is 79.5 cm³/mol. The molecule has 0 heterocycles. The molecule has 0 spiro atoms. The van der Waals surface area contributed by atoms with Crippen LogP contribution in [0.15, 0.2) is 36.4 Å². The molecule has 2 nitrogen and oxygen atoms in total. The van der Waals surface area contributed by atoms with Crippen LogP contribution in [0.4, 0.5) is 4.39 Å². The van der Waals surface area contributed by atoms with Crippen LogP contribution in [0.25, 0.3) is 0 Å². The molecule has 2 rings (SSSR count). The number of nitrogens with zero attached hydrogens (tertiary/aromatic N) is 1. The molecule has 0 N–H and O–H groups in total. The molecule has 0 atom stereocenters. The normalized spacial score (nSPS) is 10.1. The Morgan fingerprint density at radius 1 is 1.30 bits per heavy atom. The van der Waals surface area contributed by atoms with Gasteiger partial charge in [0.25, 0.3) is 0 Å². The lowest BCUT2D eigenvalue weighted by molar-refractivity contribution is 0.304. The summed E-state index contributed by atoms with van der Waals surface area (Å²) in [6.07, 6.45) is 0. The van der Waals surface area contributed by atoms with Gasteiger partial charge in [-0.3, -0.25) is 0 Å².